The Kier molecular flexibility index (Phi) is 6.32. The first-order chi connectivity index (χ1) is 14.5. The van der Waals surface area contributed by atoms with Crippen molar-refractivity contribution in [1.29, 1.82) is 0 Å². The molecule has 6 nitrogen and oxygen atoms in total. The first-order valence-electron chi connectivity index (χ1n) is 8.89. The van der Waals surface area contributed by atoms with E-state index in [0.29, 0.717) is 22.6 Å². The zero-order chi connectivity index (χ0) is 21.7. The zero-order valence-corrected chi connectivity index (χ0v) is 16.6. The van der Waals surface area contributed by atoms with Gasteiger partial charge < -0.3 is 18.9 Å². The lowest BCUT2D eigenvalue weighted by molar-refractivity contribution is 0.0730. The summed E-state index contributed by atoms with van der Waals surface area (Å²) in [5, 5.41) is 0. The minimum atomic E-state index is -0.662. The van der Waals surface area contributed by atoms with Crippen molar-refractivity contribution in [1.82, 2.24) is 0 Å². The first-order valence-corrected chi connectivity index (χ1v) is 8.89. The molecule has 0 aliphatic carbocycles. The van der Waals surface area contributed by atoms with Crippen LogP contribution in [0, 0.1) is 5.82 Å². The lowest BCUT2D eigenvalue weighted by Crippen LogP contribution is -2.11. The summed E-state index contributed by atoms with van der Waals surface area (Å²) < 4.78 is 34.1. The van der Waals surface area contributed by atoms with Gasteiger partial charge in [-0.15, -0.1) is 0 Å². The number of ketones is 1. The number of esters is 1. The van der Waals surface area contributed by atoms with Crippen LogP contribution >= 0.6 is 0 Å². The maximum atomic E-state index is 13.0. The maximum Gasteiger partial charge on any atom is 0.347 e. The Balaban J connectivity index is 1.79. The fraction of sp³-hybridized carbons (Fsp3) is 0.130. The van der Waals surface area contributed by atoms with Crippen molar-refractivity contribution in [3.63, 3.8) is 0 Å². The summed E-state index contributed by atoms with van der Waals surface area (Å²) in [5.41, 5.74) is 0.892. The fourth-order valence-corrected chi connectivity index (χ4v) is 2.79. The minimum absolute atomic E-state index is 0.154. The van der Waals surface area contributed by atoms with Crippen LogP contribution in [0.2, 0.25) is 0 Å². The number of hydrogen-bond acceptors (Lipinski definition) is 6. The van der Waals surface area contributed by atoms with E-state index in [0.717, 1.165) is 0 Å². The average Bonchev–Trinajstić information content (AvgIpc) is 2.78. The molecular weight excluding hydrogens is 391 g/mol. The van der Waals surface area contributed by atoms with Crippen molar-refractivity contribution in [3.05, 3.63) is 83.2 Å². The highest BCUT2D eigenvalue weighted by molar-refractivity contribution is 6.09. The van der Waals surface area contributed by atoms with Gasteiger partial charge in [0.15, 0.2) is 17.3 Å². The molecule has 0 radical (unpaired) electrons. The van der Waals surface area contributed by atoms with E-state index in [1.807, 2.05) is 0 Å². The molecule has 0 aliphatic rings. The maximum absolute atomic E-state index is 13.0. The molecule has 0 saturated heterocycles. The van der Waals surface area contributed by atoms with Gasteiger partial charge in [-0.2, -0.15) is 0 Å². The van der Waals surface area contributed by atoms with Gasteiger partial charge in [0.05, 0.1) is 21.3 Å². The molecule has 0 atom stereocenters. The smallest absolute Gasteiger partial charge is 0.347 e. The molecule has 0 saturated carbocycles. The zero-order valence-electron chi connectivity index (χ0n) is 16.6. The standard InChI is InChI=1S/C23H19FO6/c1-27-19-13-21(29-3)20(28-2)12-18(19)23(26)30-17-10-6-15(7-11-17)22(25)14-4-8-16(24)9-5-14/h4-13H,1-3H3. The van der Waals surface area contributed by atoms with Crippen molar-refractivity contribution in [2.75, 3.05) is 21.3 Å². The van der Waals surface area contributed by atoms with Gasteiger partial charge in [0.1, 0.15) is 22.9 Å². The van der Waals surface area contributed by atoms with Gasteiger partial charge >= 0.3 is 5.97 Å². The largest absolute Gasteiger partial charge is 0.496 e. The fourth-order valence-electron chi connectivity index (χ4n) is 2.79. The van der Waals surface area contributed by atoms with Crippen LogP contribution in [0.5, 0.6) is 23.0 Å². The Morgan fingerprint density at radius 2 is 1.20 bits per heavy atom. The number of halogens is 1. The third kappa shape index (κ3) is 4.41. The van der Waals surface area contributed by atoms with Crippen LogP contribution < -0.4 is 18.9 Å². The second-order valence-electron chi connectivity index (χ2n) is 6.16. The summed E-state index contributed by atoms with van der Waals surface area (Å²) in [6.45, 7) is 0. The molecule has 0 aromatic heterocycles. The number of benzene rings is 3. The van der Waals surface area contributed by atoms with Gasteiger partial charge in [-0.1, -0.05) is 0 Å². The molecule has 3 rings (SSSR count). The monoisotopic (exact) mass is 410 g/mol. The normalized spacial score (nSPS) is 10.3. The number of hydrogen-bond donors (Lipinski definition) is 0. The topological polar surface area (TPSA) is 71.1 Å². The Morgan fingerprint density at radius 3 is 1.73 bits per heavy atom. The van der Waals surface area contributed by atoms with Crippen LogP contribution in [0.4, 0.5) is 4.39 Å². The van der Waals surface area contributed by atoms with E-state index in [1.54, 1.807) is 0 Å². The second-order valence-corrected chi connectivity index (χ2v) is 6.16. The highest BCUT2D eigenvalue weighted by Crippen LogP contribution is 2.35. The van der Waals surface area contributed by atoms with Gasteiger partial charge in [0, 0.05) is 23.3 Å². The molecule has 3 aromatic carbocycles. The van der Waals surface area contributed by atoms with Crippen molar-refractivity contribution in [2.24, 2.45) is 0 Å². The number of methoxy groups -OCH3 is 3. The molecule has 0 heterocycles. The van der Waals surface area contributed by atoms with E-state index in [2.05, 4.69) is 0 Å². The van der Waals surface area contributed by atoms with Gasteiger partial charge in [-0.3, -0.25) is 4.79 Å². The lowest BCUT2D eigenvalue weighted by Gasteiger charge is -2.13. The van der Waals surface area contributed by atoms with Gasteiger partial charge in [-0.05, 0) is 48.5 Å². The molecule has 0 N–H and O–H groups in total. The number of carbonyl (C=O) groups excluding carboxylic acids is 2. The van der Waals surface area contributed by atoms with Crippen LogP contribution in [-0.2, 0) is 0 Å². The molecule has 0 aliphatic heterocycles. The molecule has 0 amide bonds. The highest BCUT2D eigenvalue weighted by Gasteiger charge is 2.20. The van der Waals surface area contributed by atoms with Gasteiger partial charge in [0.2, 0.25) is 0 Å². The van der Waals surface area contributed by atoms with Gasteiger partial charge in [-0.25, -0.2) is 9.18 Å². The van der Waals surface area contributed by atoms with Crippen LogP contribution in [0.1, 0.15) is 26.3 Å². The van der Waals surface area contributed by atoms with Crippen LogP contribution in [-0.4, -0.2) is 33.1 Å². The quantitative estimate of drug-likeness (QED) is 0.329. The number of carbonyl (C=O) groups is 2. The molecule has 0 fully saturated rings. The highest BCUT2D eigenvalue weighted by atomic mass is 19.1. The third-order valence-electron chi connectivity index (χ3n) is 4.36. The summed E-state index contributed by atoms with van der Waals surface area (Å²) in [6.07, 6.45) is 0. The summed E-state index contributed by atoms with van der Waals surface area (Å²) in [5.74, 6) is -0.0763. The first kappa shape index (κ1) is 20.9. The van der Waals surface area contributed by atoms with Crippen molar-refractivity contribution < 1.29 is 32.9 Å². The Hall–Kier alpha value is -3.87. The van der Waals surface area contributed by atoms with Crippen molar-refractivity contribution in [3.8, 4) is 23.0 Å². The lowest BCUT2D eigenvalue weighted by atomic mass is 10.0. The van der Waals surface area contributed by atoms with Crippen LogP contribution in [0.15, 0.2) is 60.7 Å². The van der Waals surface area contributed by atoms with E-state index in [1.165, 1.54) is 82.0 Å². The minimum Gasteiger partial charge on any atom is -0.496 e. The number of rotatable bonds is 7. The average molecular weight is 410 g/mol. The molecule has 0 unspecified atom stereocenters. The van der Waals surface area contributed by atoms with E-state index >= 15 is 0 Å². The van der Waals surface area contributed by atoms with E-state index in [-0.39, 0.29) is 22.8 Å². The van der Waals surface area contributed by atoms with E-state index in [4.69, 9.17) is 18.9 Å². The predicted octanol–water partition coefficient (Wildman–Crippen LogP) is 4.30. The molecule has 154 valence electrons. The summed E-state index contributed by atoms with van der Waals surface area (Å²) in [6, 6.07) is 14.3. The molecule has 0 bridgehead atoms. The Labute approximate surface area is 172 Å². The Bertz CT molecular complexity index is 1060. The SMILES string of the molecule is COc1cc(OC)c(C(=O)Oc2ccc(C(=O)c3ccc(F)cc3)cc2)cc1OC. The van der Waals surface area contributed by atoms with E-state index in [9.17, 15) is 14.0 Å². The summed E-state index contributed by atoms with van der Waals surface area (Å²) >= 11 is 0. The summed E-state index contributed by atoms with van der Waals surface area (Å²) in [4.78, 5) is 25.1. The van der Waals surface area contributed by atoms with Gasteiger partial charge in [0.25, 0.3) is 0 Å². The van der Waals surface area contributed by atoms with Crippen molar-refractivity contribution in [2.45, 2.75) is 0 Å². The van der Waals surface area contributed by atoms with Crippen molar-refractivity contribution >= 4 is 11.8 Å². The summed E-state index contributed by atoms with van der Waals surface area (Å²) in [7, 11) is 4.36. The molecular formula is C23H19FO6. The third-order valence-corrected chi connectivity index (χ3v) is 4.36. The van der Waals surface area contributed by atoms with E-state index < -0.39 is 11.8 Å². The van der Waals surface area contributed by atoms with Crippen LogP contribution in [0.3, 0.4) is 0 Å². The Morgan fingerprint density at radius 1 is 0.700 bits per heavy atom. The number of ether oxygens (including phenoxy) is 4. The second kappa shape index (κ2) is 9.09. The van der Waals surface area contributed by atoms with Crippen LogP contribution in [0.25, 0.3) is 0 Å². The molecule has 3 aromatic rings. The molecule has 30 heavy (non-hydrogen) atoms. The predicted molar refractivity (Wildman–Crippen MR) is 107 cm³/mol. The molecule has 7 heteroatoms. The molecule has 0 spiro atoms.